The summed E-state index contributed by atoms with van der Waals surface area (Å²) in [4.78, 5) is 33.1. The van der Waals surface area contributed by atoms with Gasteiger partial charge in [-0.1, -0.05) is 42.5 Å². The lowest BCUT2D eigenvalue weighted by atomic mass is 9.76. The number of amides is 2. The first-order valence-electron chi connectivity index (χ1n) is 14.3. The Bertz CT molecular complexity index is 1300. The topological polar surface area (TPSA) is 87.2 Å². The number of ether oxygens (including phenoxy) is 1. The molecule has 3 fully saturated rings. The maximum Gasteiger partial charge on any atom is 0.229 e. The Morgan fingerprint density at radius 2 is 1.63 bits per heavy atom. The van der Waals surface area contributed by atoms with Crippen molar-refractivity contribution in [3.8, 4) is 0 Å². The van der Waals surface area contributed by atoms with Crippen molar-refractivity contribution in [2.75, 3.05) is 59.2 Å². The van der Waals surface area contributed by atoms with Crippen molar-refractivity contribution < 1.29 is 22.7 Å². The fraction of sp³-hybridized carbons (Fsp3) is 0.548. The van der Waals surface area contributed by atoms with E-state index in [-0.39, 0.29) is 29.6 Å². The molecule has 2 aromatic carbocycles. The molecule has 10 heteroatoms. The summed E-state index contributed by atoms with van der Waals surface area (Å²) in [7, 11) is -1.61. The van der Waals surface area contributed by atoms with E-state index < -0.39 is 9.84 Å². The van der Waals surface area contributed by atoms with Gasteiger partial charge < -0.3 is 19.4 Å². The van der Waals surface area contributed by atoms with Gasteiger partial charge in [0.25, 0.3) is 0 Å². The van der Waals surface area contributed by atoms with Crippen molar-refractivity contribution in [2.45, 2.75) is 43.0 Å². The fourth-order valence-corrected chi connectivity index (χ4v) is 7.38. The molecule has 3 heterocycles. The van der Waals surface area contributed by atoms with Crippen LogP contribution in [0.1, 0.15) is 42.7 Å². The van der Waals surface area contributed by atoms with Gasteiger partial charge >= 0.3 is 0 Å². The molecule has 2 amide bonds. The first kappa shape index (κ1) is 31.5. The third kappa shape index (κ3) is 7.13. The lowest BCUT2D eigenvalue weighted by Gasteiger charge is -2.39. The average molecular weight is 604 g/mol. The highest BCUT2D eigenvalue weighted by Crippen LogP contribution is 2.43. The first-order valence-corrected chi connectivity index (χ1v) is 16.2. The summed E-state index contributed by atoms with van der Waals surface area (Å²) in [5.74, 6) is 1.05. The lowest BCUT2D eigenvalue weighted by molar-refractivity contribution is -0.139. The predicted molar refractivity (Wildman–Crippen MR) is 161 cm³/mol. The number of hydrogen-bond acceptors (Lipinski definition) is 6. The normalized spacial score (nSPS) is 22.7. The van der Waals surface area contributed by atoms with Gasteiger partial charge in [-0.05, 0) is 61.5 Å². The van der Waals surface area contributed by atoms with Crippen LogP contribution in [0.25, 0.3) is 0 Å². The van der Waals surface area contributed by atoms with Gasteiger partial charge in [0.05, 0.1) is 23.3 Å². The average Bonchev–Trinajstić information content (AvgIpc) is 3.50. The highest BCUT2D eigenvalue weighted by atomic mass is 35.5. The van der Waals surface area contributed by atoms with E-state index in [1.54, 1.807) is 19.2 Å². The second-order valence-electron chi connectivity index (χ2n) is 11.8. The molecule has 2 atom stereocenters. The van der Waals surface area contributed by atoms with Gasteiger partial charge in [-0.3, -0.25) is 9.59 Å². The van der Waals surface area contributed by atoms with E-state index in [2.05, 4.69) is 29.2 Å². The van der Waals surface area contributed by atoms with Crippen LogP contribution in [0.3, 0.4) is 0 Å². The molecule has 224 valence electrons. The number of carbonyl (C=O) groups excluding carboxylic acids is 2. The van der Waals surface area contributed by atoms with Crippen LogP contribution >= 0.6 is 12.4 Å². The van der Waals surface area contributed by atoms with E-state index in [4.69, 9.17) is 4.74 Å². The van der Waals surface area contributed by atoms with Gasteiger partial charge in [0.15, 0.2) is 9.84 Å². The number of carbonyl (C=O) groups is 2. The number of likely N-dealkylation sites (tertiary alicyclic amines) is 3. The molecule has 0 aliphatic carbocycles. The second-order valence-corrected chi connectivity index (χ2v) is 13.8. The Kier molecular flexibility index (Phi) is 10.2. The van der Waals surface area contributed by atoms with Crippen molar-refractivity contribution in [3.63, 3.8) is 0 Å². The maximum absolute atomic E-state index is 13.6. The predicted octanol–water partition coefficient (Wildman–Crippen LogP) is 3.61. The molecule has 2 aromatic rings. The first-order chi connectivity index (χ1) is 19.2. The summed E-state index contributed by atoms with van der Waals surface area (Å²) < 4.78 is 28.7. The molecule has 3 saturated heterocycles. The summed E-state index contributed by atoms with van der Waals surface area (Å²) >= 11 is 0. The van der Waals surface area contributed by atoms with Gasteiger partial charge in [-0.2, -0.15) is 0 Å². The zero-order valence-corrected chi connectivity index (χ0v) is 25.7. The van der Waals surface area contributed by atoms with E-state index in [1.165, 1.54) is 11.8 Å². The monoisotopic (exact) mass is 603 g/mol. The van der Waals surface area contributed by atoms with Gasteiger partial charge in [-0.15, -0.1) is 12.4 Å². The van der Waals surface area contributed by atoms with Crippen LogP contribution in [0.4, 0.5) is 0 Å². The Morgan fingerprint density at radius 1 is 0.976 bits per heavy atom. The van der Waals surface area contributed by atoms with E-state index >= 15 is 0 Å². The minimum Gasteiger partial charge on any atom is -0.384 e. The molecule has 3 aliphatic rings. The van der Waals surface area contributed by atoms with Crippen molar-refractivity contribution in [1.29, 1.82) is 0 Å². The highest BCUT2D eigenvalue weighted by molar-refractivity contribution is 7.90. The van der Waals surface area contributed by atoms with Crippen LogP contribution in [0.5, 0.6) is 0 Å². The molecule has 8 nitrogen and oxygen atoms in total. The van der Waals surface area contributed by atoms with Crippen LogP contribution in [0.15, 0.2) is 59.5 Å². The molecule has 0 N–H and O–H groups in total. The van der Waals surface area contributed by atoms with Gasteiger partial charge in [0.2, 0.25) is 11.8 Å². The molecule has 41 heavy (non-hydrogen) atoms. The molecule has 0 radical (unpaired) electrons. The molecule has 0 aromatic heterocycles. The van der Waals surface area contributed by atoms with Gasteiger partial charge in [0.1, 0.15) is 0 Å². The van der Waals surface area contributed by atoms with E-state index in [9.17, 15) is 18.0 Å². The third-order valence-corrected chi connectivity index (χ3v) is 10.3. The Morgan fingerprint density at radius 3 is 2.27 bits per heavy atom. The number of piperidine rings is 1. The number of halogens is 1. The lowest BCUT2D eigenvalue weighted by Crippen LogP contribution is -2.46. The summed E-state index contributed by atoms with van der Waals surface area (Å²) in [5.41, 5.74) is 1.95. The minimum atomic E-state index is -3.23. The summed E-state index contributed by atoms with van der Waals surface area (Å²) in [6.45, 7) is 5.90. The number of hydrogen-bond donors (Lipinski definition) is 0. The molecule has 1 spiro atoms. The molecule has 0 bridgehead atoms. The third-order valence-electron chi connectivity index (χ3n) is 9.17. The van der Waals surface area contributed by atoms with Crippen molar-refractivity contribution >= 4 is 34.1 Å². The molecular formula is C31H42ClN3O5S. The maximum atomic E-state index is 13.6. The summed E-state index contributed by atoms with van der Waals surface area (Å²) in [5, 5.41) is 0. The molecule has 2 unspecified atom stereocenters. The number of nitrogens with zero attached hydrogens (tertiary/aromatic N) is 3. The van der Waals surface area contributed by atoms with Crippen molar-refractivity contribution in [3.05, 3.63) is 65.7 Å². The number of benzene rings is 2. The largest absolute Gasteiger partial charge is 0.384 e. The second kappa shape index (κ2) is 13.2. The van der Waals surface area contributed by atoms with Crippen molar-refractivity contribution in [1.82, 2.24) is 14.7 Å². The van der Waals surface area contributed by atoms with Crippen LogP contribution in [0, 0.1) is 11.3 Å². The quantitative estimate of drug-likeness (QED) is 0.435. The standard InChI is InChI=1S/C31H41N3O5S.ClH/c1-39-19-12-29(35)34-22-26(28(23-34)25-6-4-3-5-7-25)21-32-16-13-31(14-17-32)15-18-33(30(31)36)20-24-8-10-27(11-9-24)40(2,37)38;/h3-11,26,28H,12-23H2,1-2H3;1H. The fourth-order valence-electron chi connectivity index (χ4n) is 6.75. The molecule has 5 rings (SSSR count). The SMILES string of the molecule is COCCC(=O)N1CC(CN2CCC3(CC2)CCN(Cc2ccc(S(C)(=O)=O)cc2)C3=O)C(c2ccccc2)C1.Cl. The zero-order chi connectivity index (χ0) is 28.3. The number of sulfone groups is 1. The zero-order valence-electron chi connectivity index (χ0n) is 24.0. The van der Waals surface area contributed by atoms with Gasteiger partial charge in [0, 0.05) is 52.0 Å². The van der Waals surface area contributed by atoms with Crippen LogP contribution < -0.4 is 0 Å². The Labute approximate surface area is 250 Å². The van der Waals surface area contributed by atoms with Gasteiger partial charge in [-0.25, -0.2) is 8.42 Å². The van der Waals surface area contributed by atoms with E-state index in [1.807, 2.05) is 28.0 Å². The van der Waals surface area contributed by atoms with Crippen molar-refractivity contribution in [2.24, 2.45) is 11.3 Å². The minimum absolute atomic E-state index is 0. The molecular weight excluding hydrogens is 562 g/mol. The number of methoxy groups -OCH3 is 1. The van der Waals surface area contributed by atoms with E-state index in [0.29, 0.717) is 36.3 Å². The highest BCUT2D eigenvalue weighted by Gasteiger charge is 2.48. The molecule has 3 aliphatic heterocycles. The Hall–Kier alpha value is -2.46. The number of rotatable bonds is 9. The summed E-state index contributed by atoms with van der Waals surface area (Å²) in [6, 6.07) is 17.4. The van der Waals surface area contributed by atoms with Crippen LogP contribution in [-0.2, 0) is 30.7 Å². The Balaban J connectivity index is 0.00000387. The molecule has 0 saturated carbocycles. The van der Waals surface area contributed by atoms with E-state index in [0.717, 1.165) is 64.1 Å². The summed E-state index contributed by atoms with van der Waals surface area (Å²) in [6.07, 6.45) is 4.20. The van der Waals surface area contributed by atoms with Crippen LogP contribution in [-0.4, -0.2) is 94.2 Å². The smallest absolute Gasteiger partial charge is 0.229 e. The van der Waals surface area contributed by atoms with Crippen LogP contribution in [0.2, 0.25) is 0 Å².